The van der Waals surface area contributed by atoms with Crippen LogP contribution in [0.3, 0.4) is 0 Å². The Labute approximate surface area is 186 Å². The van der Waals surface area contributed by atoms with Gasteiger partial charge in [0, 0.05) is 24.2 Å². The average molecular weight is 488 g/mol. The lowest BCUT2D eigenvalue weighted by Crippen LogP contribution is -2.45. The summed E-state index contributed by atoms with van der Waals surface area (Å²) in [5, 5.41) is 10.3. The molecular weight excluding hydrogens is 467 g/mol. The molecule has 0 saturated carbocycles. The van der Waals surface area contributed by atoms with Gasteiger partial charge in [0.25, 0.3) is 10.0 Å². The van der Waals surface area contributed by atoms with Crippen LogP contribution >= 0.6 is 11.3 Å². The maximum atomic E-state index is 13.0. The Balaban J connectivity index is 1.44. The van der Waals surface area contributed by atoms with Gasteiger partial charge < -0.3 is 5.32 Å². The summed E-state index contributed by atoms with van der Waals surface area (Å²) in [5.74, 6) is -0.797. The summed E-state index contributed by atoms with van der Waals surface area (Å²) in [7, 11) is -3.67. The van der Waals surface area contributed by atoms with Crippen LogP contribution in [0.2, 0.25) is 0 Å². The molecule has 1 fully saturated rings. The van der Waals surface area contributed by atoms with Gasteiger partial charge in [-0.2, -0.15) is 17.5 Å². The van der Waals surface area contributed by atoms with Gasteiger partial charge in [-0.05, 0) is 44.0 Å². The summed E-state index contributed by atoms with van der Waals surface area (Å²) in [6, 6.07) is 5.42. The van der Waals surface area contributed by atoms with E-state index in [1.165, 1.54) is 26.1 Å². The zero-order valence-electron chi connectivity index (χ0n) is 17.0. The van der Waals surface area contributed by atoms with Crippen LogP contribution in [0, 0.1) is 12.8 Å². The number of alkyl halides is 3. The van der Waals surface area contributed by atoms with E-state index in [0.717, 1.165) is 17.1 Å². The molecule has 13 heteroatoms. The number of carbonyl (C=O) groups is 1. The van der Waals surface area contributed by atoms with Crippen LogP contribution in [0.4, 0.5) is 13.2 Å². The lowest BCUT2D eigenvalue weighted by Gasteiger charge is -2.30. The number of carbonyl (C=O) groups excluding carboxylic acids is 1. The molecular formula is C19H20F3N5O3S2. The quantitative estimate of drug-likeness (QED) is 0.597. The molecule has 0 unspecified atom stereocenters. The van der Waals surface area contributed by atoms with Crippen molar-refractivity contribution in [3.05, 3.63) is 46.7 Å². The highest BCUT2D eigenvalue weighted by Gasteiger charge is 2.34. The number of pyridine rings is 1. The predicted molar refractivity (Wildman–Crippen MR) is 110 cm³/mol. The number of nitrogens with one attached hydrogen (secondary N) is 1. The number of sulfonamides is 1. The number of hydrogen-bond donors (Lipinski definition) is 1. The van der Waals surface area contributed by atoms with Crippen molar-refractivity contribution in [3.8, 4) is 0 Å². The Morgan fingerprint density at radius 1 is 1.25 bits per heavy atom. The van der Waals surface area contributed by atoms with Gasteiger partial charge >= 0.3 is 6.18 Å². The molecule has 0 aliphatic carbocycles. The summed E-state index contributed by atoms with van der Waals surface area (Å²) < 4.78 is 67.4. The first-order chi connectivity index (χ1) is 15.1. The van der Waals surface area contributed by atoms with E-state index in [4.69, 9.17) is 0 Å². The lowest BCUT2D eigenvalue weighted by atomic mass is 9.99. The van der Waals surface area contributed by atoms with Crippen LogP contribution in [0.1, 0.15) is 29.1 Å². The normalized spacial score (nSPS) is 18.2. The van der Waals surface area contributed by atoms with E-state index in [2.05, 4.69) is 15.5 Å². The van der Waals surface area contributed by atoms with Gasteiger partial charge in [-0.25, -0.2) is 8.42 Å². The second-order valence-corrected chi connectivity index (χ2v) is 11.0. The third-order valence-electron chi connectivity index (χ3n) is 5.29. The van der Waals surface area contributed by atoms with Crippen molar-refractivity contribution in [2.75, 3.05) is 13.1 Å². The number of halogens is 3. The topological polar surface area (TPSA) is 96.7 Å². The maximum absolute atomic E-state index is 13.0. The van der Waals surface area contributed by atoms with Crippen LogP contribution in [-0.4, -0.2) is 46.3 Å². The van der Waals surface area contributed by atoms with Crippen LogP contribution < -0.4 is 5.32 Å². The van der Waals surface area contributed by atoms with Crippen LogP contribution in [0.25, 0.3) is 5.65 Å². The number of amides is 1. The molecule has 4 rings (SSSR count). The zero-order valence-corrected chi connectivity index (χ0v) is 18.6. The number of rotatable bonds is 5. The standard InChI is InChI=1S/C19H20F3N5O3S2/c1-12-4-7-17(31-12)32(29,30)26-8-2-3-13(10-26)18(28)23-9-16-25-24-15-6-5-14(11-27(15)16)19(20,21)22/h4-7,11,13H,2-3,8-10H2,1H3,(H,23,28)/t13-/m1/s1. The van der Waals surface area contributed by atoms with Gasteiger partial charge in [0.1, 0.15) is 4.21 Å². The summed E-state index contributed by atoms with van der Waals surface area (Å²) in [4.78, 5) is 13.6. The number of thiophene rings is 1. The van der Waals surface area contributed by atoms with E-state index in [1.54, 1.807) is 12.1 Å². The maximum Gasteiger partial charge on any atom is 0.417 e. The minimum absolute atomic E-state index is 0.0456. The third kappa shape index (κ3) is 4.50. The molecule has 1 saturated heterocycles. The molecule has 1 amide bonds. The van der Waals surface area contributed by atoms with Crippen molar-refractivity contribution >= 4 is 32.9 Å². The molecule has 1 aliphatic rings. The first-order valence-corrected chi connectivity index (χ1v) is 12.1. The molecule has 0 spiro atoms. The van der Waals surface area contributed by atoms with Gasteiger partial charge in [0.05, 0.1) is 18.0 Å². The van der Waals surface area contributed by atoms with Crippen molar-refractivity contribution in [3.63, 3.8) is 0 Å². The average Bonchev–Trinajstić information content (AvgIpc) is 3.37. The summed E-state index contributed by atoms with van der Waals surface area (Å²) in [6.45, 7) is 2.07. The fourth-order valence-electron chi connectivity index (χ4n) is 3.59. The Hall–Kier alpha value is -2.51. The molecule has 1 aliphatic heterocycles. The Morgan fingerprint density at radius 3 is 2.72 bits per heavy atom. The van der Waals surface area contributed by atoms with Crippen molar-refractivity contribution in [1.82, 2.24) is 24.2 Å². The minimum atomic E-state index is -4.52. The molecule has 3 aromatic rings. The molecule has 1 atom stereocenters. The van der Waals surface area contributed by atoms with Crippen molar-refractivity contribution < 1.29 is 26.4 Å². The highest BCUT2D eigenvalue weighted by molar-refractivity contribution is 7.91. The Morgan fingerprint density at radius 2 is 2.03 bits per heavy atom. The number of aromatic nitrogens is 3. The smallest absolute Gasteiger partial charge is 0.349 e. The van der Waals surface area contributed by atoms with Gasteiger partial charge in [-0.3, -0.25) is 9.20 Å². The van der Waals surface area contributed by atoms with Gasteiger partial charge in [0.2, 0.25) is 5.91 Å². The number of piperidine rings is 1. The van der Waals surface area contributed by atoms with E-state index < -0.39 is 27.7 Å². The van der Waals surface area contributed by atoms with Crippen molar-refractivity contribution in [2.45, 2.75) is 36.7 Å². The first kappa shape index (κ1) is 22.7. The summed E-state index contributed by atoms with van der Waals surface area (Å²) >= 11 is 1.18. The molecule has 1 N–H and O–H groups in total. The molecule has 4 heterocycles. The van der Waals surface area contributed by atoms with E-state index in [0.29, 0.717) is 19.4 Å². The number of aryl methyl sites for hydroxylation is 1. The SMILES string of the molecule is Cc1ccc(S(=O)(=O)N2CCC[C@@H](C(=O)NCc3nnc4ccc(C(F)(F)F)cn34)C2)s1. The van der Waals surface area contributed by atoms with Crippen LogP contribution in [0.5, 0.6) is 0 Å². The van der Waals surface area contributed by atoms with E-state index in [-0.39, 0.29) is 34.7 Å². The highest BCUT2D eigenvalue weighted by Crippen LogP contribution is 2.30. The Kier molecular flexibility index (Phi) is 5.98. The zero-order chi connectivity index (χ0) is 23.1. The lowest BCUT2D eigenvalue weighted by molar-refractivity contribution is -0.138. The van der Waals surface area contributed by atoms with Crippen molar-refractivity contribution in [1.29, 1.82) is 0 Å². The molecule has 0 bridgehead atoms. The number of hydrogen-bond acceptors (Lipinski definition) is 6. The summed E-state index contributed by atoms with van der Waals surface area (Å²) in [6.07, 6.45) is -2.59. The fourth-order valence-corrected chi connectivity index (χ4v) is 6.55. The molecule has 0 aromatic carbocycles. The largest absolute Gasteiger partial charge is 0.417 e. The summed E-state index contributed by atoms with van der Waals surface area (Å²) in [5.41, 5.74) is -0.627. The van der Waals surface area contributed by atoms with Gasteiger partial charge in [-0.15, -0.1) is 21.5 Å². The minimum Gasteiger partial charge on any atom is -0.349 e. The highest BCUT2D eigenvalue weighted by atomic mass is 32.2. The second kappa shape index (κ2) is 8.45. The van der Waals surface area contributed by atoms with E-state index in [1.807, 2.05) is 6.92 Å². The van der Waals surface area contributed by atoms with Crippen LogP contribution in [0.15, 0.2) is 34.7 Å². The predicted octanol–water partition coefficient (Wildman–Crippen LogP) is 2.84. The first-order valence-electron chi connectivity index (χ1n) is 9.81. The molecule has 32 heavy (non-hydrogen) atoms. The fraction of sp³-hybridized carbons (Fsp3) is 0.421. The number of fused-ring (bicyclic) bond motifs is 1. The van der Waals surface area contributed by atoms with Gasteiger partial charge in [0.15, 0.2) is 11.5 Å². The molecule has 8 nitrogen and oxygen atoms in total. The molecule has 3 aromatic heterocycles. The second-order valence-electron chi connectivity index (χ2n) is 7.55. The van der Waals surface area contributed by atoms with E-state index >= 15 is 0 Å². The van der Waals surface area contributed by atoms with Gasteiger partial charge in [-0.1, -0.05) is 0 Å². The molecule has 172 valence electrons. The van der Waals surface area contributed by atoms with Crippen molar-refractivity contribution in [2.24, 2.45) is 5.92 Å². The molecule has 0 radical (unpaired) electrons. The van der Waals surface area contributed by atoms with Crippen LogP contribution in [-0.2, 0) is 27.5 Å². The number of nitrogens with zero attached hydrogens (tertiary/aromatic N) is 4. The monoisotopic (exact) mass is 487 g/mol. The third-order valence-corrected chi connectivity index (χ3v) is 8.62. The van der Waals surface area contributed by atoms with E-state index in [9.17, 15) is 26.4 Å². The Bertz CT molecular complexity index is 1250.